The molecule has 0 bridgehead atoms. The molecule has 0 radical (unpaired) electrons. The van der Waals surface area contributed by atoms with Gasteiger partial charge < -0.3 is 10.1 Å². The molecule has 0 atom stereocenters. The highest BCUT2D eigenvalue weighted by atomic mass is 16.5. The molecule has 3 nitrogen and oxygen atoms in total. The lowest BCUT2D eigenvalue weighted by atomic mass is 10.3. The Labute approximate surface area is 88.8 Å². The third-order valence-corrected chi connectivity index (χ3v) is 2.18. The molecule has 0 aromatic rings. The molecule has 0 aromatic heterocycles. The average molecular weight is 202 g/mol. The highest BCUT2D eigenvalue weighted by molar-refractivity contribution is 4.61. The van der Waals surface area contributed by atoms with E-state index in [1.54, 1.807) is 0 Å². The highest BCUT2D eigenvalue weighted by Crippen LogP contribution is 1.96. The van der Waals surface area contributed by atoms with Crippen LogP contribution >= 0.6 is 0 Å². The molecule has 86 valence electrons. The van der Waals surface area contributed by atoms with E-state index in [-0.39, 0.29) is 0 Å². The number of ether oxygens (including phenoxy) is 1. The van der Waals surface area contributed by atoms with Gasteiger partial charge >= 0.3 is 0 Å². The molecular weight excluding hydrogens is 176 g/mol. The van der Waals surface area contributed by atoms with Crippen molar-refractivity contribution in [3.8, 4) is 0 Å². The number of hydrogen-bond donors (Lipinski definition) is 1. The molecule has 3 heteroatoms. The summed E-state index contributed by atoms with van der Waals surface area (Å²) in [6.07, 6.45) is 1.26. The van der Waals surface area contributed by atoms with Gasteiger partial charge in [0.25, 0.3) is 0 Å². The first-order chi connectivity index (χ1) is 6.93. The zero-order chi connectivity index (χ0) is 10.6. The topological polar surface area (TPSA) is 24.5 Å². The van der Waals surface area contributed by atoms with Crippen molar-refractivity contribution in [1.29, 1.82) is 0 Å². The lowest BCUT2D eigenvalue weighted by Gasteiger charge is -2.26. The molecule has 1 N–H and O–H groups in total. The van der Waals surface area contributed by atoms with Gasteiger partial charge in [0, 0.05) is 13.1 Å². The lowest BCUT2D eigenvalue weighted by Crippen LogP contribution is -2.37. The van der Waals surface area contributed by atoms with Gasteiger partial charge in [-0.25, -0.2) is 0 Å². The fraction of sp³-hybridized carbons (Fsp3) is 1.00. The summed E-state index contributed by atoms with van der Waals surface area (Å²) in [5.74, 6) is 0. The predicted octanol–water partition coefficient (Wildman–Crippen LogP) is 1.34. The van der Waals surface area contributed by atoms with Gasteiger partial charge in [-0.3, -0.25) is 4.90 Å². The maximum atomic E-state index is 5.27. The molecule has 0 amide bonds. The maximum absolute atomic E-state index is 5.27. The summed E-state index contributed by atoms with van der Waals surface area (Å²) in [6, 6.07) is 0. The summed E-state index contributed by atoms with van der Waals surface area (Å²) in [5, 5.41) is 3.33. The average Bonchev–Trinajstić information content (AvgIpc) is 2.29. The van der Waals surface area contributed by atoms with E-state index in [1.165, 1.54) is 13.0 Å². The van der Waals surface area contributed by atoms with Gasteiger partial charge in [-0.1, -0.05) is 20.8 Å². The molecule has 0 aromatic carbocycles. The van der Waals surface area contributed by atoms with Gasteiger partial charge in [0.05, 0.1) is 13.2 Å². The second kappa shape index (κ2) is 11.0. The second-order valence-electron chi connectivity index (χ2n) is 3.16. The van der Waals surface area contributed by atoms with Crippen molar-refractivity contribution in [2.75, 3.05) is 45.9 Å². The third-order valence-electron chi connectivity index (χ3n) is 2.18. The van der Waals surface area contributed by atoms with Gasteiger partial charge in [-0.15, -0.1) is 0 Å². The smallest absolute Gasteiger partial charge is 0.0594 e. The molecule has 0 saturated carbocycles. The van der Waals surface area contributed by atoms with Crippen molar-refractivity contribution in [2.45, 2.75) is 27.2 Å². The minimum atomic E-state index is 0.918. The number of nitrogens with one attached hydrogen (secondary N) is 1. The van der Waals surface area contributed by atoms with Crippen LogP contribution in [0, 0.1) is 0 Å². The Bertz CT molecular complexity index is 103. The van der Waals surface area contributed by atoms with Gasteiger partial charge in [0.2, 0.25) is 0 Å². The Balaban J connectivity index is 0.000000791. The number of rotatable bonds is 5. The molecular formula is C11H26N2O. The first-order valence-corrected chi connectivity index (χ1v) is 5.94. The molecule has 1 fully saturated rings. The minimum absolute atomic E-state index is 0.918. The highest BCUT2D eigenvalue weighted by Gasteiger charge is 2.08. The predicted molar refractivity (Wildman–Crippen MR) is 61.8 cm³/mol. The van der Waals surface area contributed by atoms with Crippen LogP contribution in [0.4, 0.5) is 0 Å². The van der Waals surface area contributed by atoms with Gasteiger partial charge in [-0.2, -0.15) is 0 Å². The van der Waals surface area contributed by atoms with Crippen LogP contribution in [0.25, 0.3) is 0 Å². The summed E-state index contributed by atoms with van der Waals surface area (Å²) >= 11 is 0. The molecule has 0 aliphatic carbocycles. The molecule has 1 saturated heterocycles. The fourth-order valence-electron chi connectivity index (χ4n) is 1.43. The van der Waals surface area contributed by atoms with Crippen LogP contribution in [0.2, 0.25) is 0 Å². The molecule has 0 spiro atoms. The number of morpholine rings is 1. The van der Waals surface area contributed by atoms with E-state index < -0.39 is 0 Å². The Hall–Kier alpha value is -0.120. The normalized spacial score (nSPS) is 17.4. The van der Waals surface area contributed by atoms with Crippen LogP contribution in [0.1, 0.15) is 27.2 Å². The van der Waals surface area contributed by atoms with E-state index in [1.807, 2.05) is 13.8 Å². The van der Waals surface area contributed by atoms with Crippen LogP contribution in [0.3, 0.4) is 0 Å². The molecule has 1 aliphatic rings. The van der Waals surface area contributed by atoms with Crippen molar-refractivity contribution >= 4 is 0 Å². The zero-order valence-electron chi connectivity index (χ0n) is 10.0. The molecule has 0 unspecified atom stereocenters. The summed E-state index contributed by atoms with van der Waals surface area (Å²) < 4.78 is 5.27. The first kappa shape index (κ1) is 13.9. The van der Waals surface area contributed by atoms with E-state index in [0.29, 0.717) is 0 Å². The Morgan fingerprint density at radius 3 is 2.43 bits per heavy atom. The van der Waals surface area contributed by atoms with Crippen LogP contribution in [-0.4, -0.2) is 50.8 Å². The van der Waals surface area contributed by atoms with E-state index >= 15 is 0 Å². The molecule has 1 heterocycles. The SMILES string of the molecule is CC.CCNCCCN1CCOCC1. The number of nitrogens with zero attached hydrogens (tertiary/aromatic N) is 1. The second-order valence-corrected chi connectivity index (χ2v) is 3.16. The standard InChI is InChI=1S/C9H20N2O.C2H6/c1-2-10-4-3-5-11-6-8-12-9-7-11;1-2/h10H,2-9H2,1H3;1-2H3. The van der Waals surface area contributed by atoms with E-state index in [2.05, 4.69) is 17.1 Å². The summed E-state index contributed by atoms with van der Waals surface area (Å²) in [7, 11) is 0. The summed E-state index contributed by atoms with van der Waals surface area (Å²) in [5.41, 5.74) is 0. The first-order valence-electron chi connectivity index (χ1n) is 5.94. The van der Waals surface area contributed by atoms with Crippen LogP contribution in [-0.2, 0) is 4.74 Å². The van der Waals surface area contributed by atoms with Crippen molar-refractivity contribution < 1.29 is 4.74 Å². The van der Waals surface area contributed by atoms with Gasteiger partial charge in [0.1, 0.15) is 0 Å². The van der Waals surface area contributed by atoms with Crippen molar-refractivity contribution in [3.05, 3.63) is 0 Å². The molecule has 14 heavy (non-hydrogen) atoms. The van der Waals surface area contributed by atoms with Crippen LogP contribution < -0.4 is 5.32 Å². The van der Waals surface area contributed by atoms with E-state index in [9.17, 15) is 0 Å². The zero-order valence-corrected chi connectivity index (χ0v) is 10.0. The fourth-order valence-corrected chi connectivity index (χ4v) is 1.43. The summed E-state index contributed by atoms with van der Waals surface area (Å²) in [4.78, 5) is 2.47. The van der Waals surface area contributed by atoms with Crippen molar-refractivity contribution in [2.24, 2.45) is 0 Å². The molecule has 1 rings (SSSR count). The van der Waals surface area contributed by atoms with E-state index in [0.717, 1.165) is 39.4 Å². The maximum Gasteiger partial charge on any atom is 0.0594 e. The monoisotopic (exact) mass is 202 g/mol. The summed E-state index contributed by atoms with van der Waals surface area (Å²) in [6.45, 7) is 13.7. The Morgan fingerprint density at radius 1 is 1.21 bits per heavy atom. The van der Waals surface area contributed by atoms with E-state index in [4.69, 9.17) is 4.74 Å². The third kappa shape index (κ3) is 7.30. The van der Waals surface area contributed by atoms with Gasteiger partial charge in [0.15, 0.2) is 0 Å². The quantitative estimate of drug-likeness (QED) is 0.681. The van der Waals surface area contributed by atoms with Gasteiger partial charge in [-0.05, 0) is 26.1 Å². The van der Waals surface area contributed by atoms with Crippen molar-refractivity contribution in [1.82, 2.24) is 10.2 Å². The minimum Gasteiger partial charge on any atom is -0.379 e. The number of hydrogen-bond acceptors (Lipinski definition) is 3. The largest absolute Gasteiger partial charge is 0.379 e. The van der Waals surface area contributed by atoms with Crippen LogP contribution in [0.15, 0.2) is 0 Å². The van der Waals surface area contributed by atoms with Crippen LogP contribution in [0.5, 0.6) is 0 Å². The molecule has 1 aliphatic heterocycles. The Morgan fingerprint density at radius 2 is 1.86 bits per heavy atom. The van der Waals surface area contributed by atoms with Crippen molar-refractivity contribution in [3.63, 3.8) is 0 Å². The Kier molecular flexibility index (Phi) is 10.9. The lowest BCUT2D eigenvalue weighted by molar-refractivity contribution is 0.0375.